The van der Waals surface area contributed by atoms with Crippen LogP contribution in [0.3, 0.4) is 0 Å². The Balaban J connectivity index is 1.17. The number of carbonyl (C=O) groups excluding carboxylic acids is 2. The lowest BCUT2D eigenvalue weighted by atomic mass is 9.32. The highest BCUT2D eigenvalue weighted by Crippen LogP contribution is 2.77. The highest BCUT2D eigenvalue weighted by molar-refractivity contribution is 5.77. The van der Waals surface area contributed by atoms with Crippen LogP contribution in [-0.2, 0) is 19.1 Å². The summed E-state index contributed by atoms with van der Waals surface area (Å²) >= 11 is 0. The molecule has 0 aromatic carbocycles. The number of ether oxygens (including phenoxy) is 1. The number of hydrogen-bond acceptors (Lipinski definition) is 5. The fraction of sp³-hybridized carbons (Fsp3) is 0.927. The van der Waals surface area contributed by atoms with Gasteiger partial charge in [0.1, 0.15) is 6.10 Å². The van der Waals surface area contributed by atoms with Crippen LogP contribution in [0.1, 0.15) is 145 Å². The van der Waals surface area contributed by atoms with Crippen LogP contribution in [0.4, 0.5) is 0 Å². The Hall–Kier alpha value is -1.63. The predicted molar refractivity (Wildman–Crippen MR) is 189 cm³/mol. The Kier molecular flexibility index (Phi) is 9.24. The van der Waals surface area contributed by atoms with Crippen LogP contribution >= 0.6 is 0 Å². The van der Waals surface area contributed by atoms with E-state index in [2.05, 4.69) is 58.5 Å². The number of hydrogen-bond donors (Lipinski definition) is 1. The molecule has 7 heteroatoms. The summed E-state index contributed by atoms with van der Waals surface area (Å²) < 4.78 is 6.26. The van der Waals surface area contributed by atoms with Crippen molar-refractivity contribution in [1.29, 1.82) is 0 Å². The normalized spacial score (nSPS) is 43.6. The molecule has 0 radical (unpaired) electrons. The zero-order valence-electron chi connectivity index (χ0n) is 32.0. The third-order valence-corrected chi connectivity index (χ3v) is 16.8. The Bertz CT molecular complexity index is 1280. The SMILES string of the molecule is CN(C)[C@@H]1CCN(C(=O)C[C@]23CCC[C@@H]2[C@H]2CCC4[C@@]5(C)CC[C@H](OC(=O)CC(C)(C)CC(=O)O)C(C)(C)C5CC[C@@]4(C)[C@]2(C)CC3)C1. The molecule has 6 aliphatic rings. The molecule has 1 N–H and O–H groups in total. The molecule has 1 heterocycles. The van der Waals surface area contributed by atoms with E-state index in [1.807, 2.05) is 13.8 Å². The highest BCUT2D eigenvalue weighted by Gasteiger charge is 2.70. The van der Waals surface area contributed by atoms with Gasteiger partial charge in [0.15, 0.2) is 0 Å². The highest BCUT2D eigenvalue weighted by atomic mass is 16.5. The largest absolute Gasteiger partial charge is 0.481 e. The molecule has 0 aromatic rings. The first-order valence-electron chi connectivity index (χ1n) is 19.6. The van der Waals surface area contributed by atoms with Crippen LogP contribution < -0.4 is 0 Å². The molecule has 1 amide bonds. The van der Waals surface area contributed by atoms with Crippen molar-refractivity contribution < 1.29 is 24.2 Å². The van der Waals surface area contributed by atoms with Crippen molar-refractivity contribution in [1.82, 2.24) is 9.80 Å². The van der Waals surface area contributed by atoms with Gasteiger partial charge in [0.2, 0.25) is 5.91 Å². The van der Waals surface area contributed by atoms with E-state index in [4.69, 9.17) is 4.74 Å². The zero-order valence-corrected chi connectivity index (χ0v) is 32.0. The van der Waals surface area contributed by atoms with Gasteiger partial charge in [-0.15, -0.1) is 0 Å². The Morgan fingerprint density at radius 3 is 2.21 bits per heavy atom. The molecule has 6 fully saturated rings. The van der Waals surface area contributed by atoms with Crippen molar-refractivity contribution >= 4 is 17.8 Å². The van der Waals surface area contributed by atoms with Crippen molar-refractivity contribution in [2.75, 3.05) is 27.2 Å². The number of likely N-dealkylation sites (N-methyl/N-ethyl adjacent to an activating group) is 1. The summed E-state index contributed by atoms with van der Waals surface area (Å²) in [6, 6.07) is 0.496. The molecule has 1 aliphatic heterocycles. The van der Waals surface area contributed by atoms with E-state index in [0.29, 0.717) is 35.6 Å². The smallest absolute Gasteiger partial charge is 0.306 e. The summed E-state index contributed by atoms with van der Waals surface area (Å²) in [4.78, 5) is 42.9. The quantitative estimate of drug-likeness (QED) is 0.263. The van der Waals surface area contributed by atoms with Gasteiger partial charge in [-0.05, 0) is 135 Å². The van der Waals surface area contributed by atoms with Gasteiger partial charge in [0.25, 0.3) is 0 Å². The van der Waals surface area contributed by atoms with Crippen molar-refractivity contribution in [2.24, 2.45) is 56.2 Å². The van der Waals surface area contributed by atoms with Gasteiger partial charge in [-0.3, -0.25) is 14.4 Å². The first kappa shape index (κ1) is 36.2. The summed E-state index contributed by atoms with van der Waals surface area (Å²) in [6.45, 7) is 18.1. The summed E-state index contributed by atoms with van der Waals surface area (Å²) in [5, 5.41) is 9.32. The summed E-state index contributed by atoms with van der Waals surface area (Å²) in [5.74, 6) is 1.81. The van der Waals surface area contributed by atoms with E-state index in [1.165, 1.54) is 57.8 Å². The van der Waals surface area contributed by atoms with E-state index in [9.17, 15) is 19.5 Å². The van der Waals surface area contributed by atoms with Gasteiger partial charge >= 0.3 is 11.9 Å². The van der Waals surface area contributed by atoms with Gasteiger partial charge in [-0.2, -0.15) is 0 Å². The van der Waals surface area contributed by atoms with Gasteiger partial charge in [-0.25, -0.2) is 0 Å². The third-order valence-electron chi connectivity index (χ3n) is 16.8. The maximum atomic E-state index is 13.9. The average Bonchev–Trinajstić information content (AvgIpc) is 3.62. The van der Waals surface area contributed by atoms with Gasteiger partial charge in [0.05, 0.1) is 12.8 Å². The van der Waals surface area contributed by atoms with Crippen LogP contribution in [0.25, 0.3) is 0 Å². The minimum atomic E-state index is -0.874. The number of fused-ring (bicyclic) bond motifs is 7. The van der Waals surface area contributed by atoms with Crippen LogP contribution in [0.2, 0.25) is 0 Å². The Morgan fingerprint density at radius 1 is 0.812 bits per heavy atom. The molecule has 7 nitrogen and oxygen atoms in total. The minimum absolute atomic E-state index is 0.0369. The number of rotatable bonds is 8. The van der Waals surface area contributed by atoms with Crippen molar-refractivity contribution in [2.45, 2.75) is 157 Å². The van der Waals surface area contributed by atoms with Crippen LogP contribution in [0.15, 0.2) is 0 Å². The van der Waals surface area contributed by atoms with Gasteiger partial charge in [-0.1, -0.05) is 54.9 Å². The van der Waals surface area contributed by atoms with E-state index < -0.39 is 11.4 Å². The lowest BCUT2D eigenvalue weighted by molar-refractivity contribution is -0.248. The first-order valence-corrected chi connectivity index (χ1v) is 19.6. The van der Waals surface area contributed by atoms with Crippen molar-refractivity contribution in [3.8, 4) is 0 Å². The number of nitrogens with zero attached hydrogens (tertiary/aromatic N) is 2. The predicted octanol–water partition coefficient (Wildman–Crippen LogP) is 8.20. The number of carbonyl (C=O) groups is 3. The maximum absolute atomic E-state index is 13.9. The lowest BCUT2D eigenvalue weighted by Crippen LogP contribution is -2.66. The second-order valence-electron chi connectivity index (χ2n) is 20.2. The maximum Gasteiger partial charge on any atom is 0.306 e. The van der Waals surface area contributed by atoms with Gasteiger partial charge < -0.3 is 19.6 Å². The van der Waals surface area contributed by atoms with Crippen molar-refractivity contribution in [3.05, 3.63) is 0 Å². The number of esters is 1. The topological polar surface area (TPSA) is 87.2 Å². The minimum Gasteiger partial charge on any atom is -0.481 e. The first-order chi connectivity index (χ1) is 22.3. The molecule has 5 saturated carbocycles. The molecular weight excluding hydrogens is 600 g/mol. The summed E-state index contributed by atoms with van der Waals surface area (Å²) in [6.07, 6.45) is 15.1. The number of carboxylic acids is 1. The Labute approximate surface area is 291 Å². The van der Waals surface area contributed by atoms with Crippen molar-refractivity contribution in [3.63, 3.8) is 0 Å². The Morgan fingerprint density at radius 2 is 1.54 bits per heavy atom. The van der Waals surface area contributed by atoms with Crippen LogP contribution in [0.5, 0.6) is 0 Å². The monoisotopic (exact) mass is 669 g/mol. The number of carboxylic acid groups (broad SMARTS) is 1. The van der Waals surface area contributed by atoms with E-state index >= 15 is 0 Å². The molecule has 6 rings (SSSR count). The third kappa shape index (κ3) is 5.76. The molecular formula is C41H68N2O5. The fourth-order valence-corrected chi connectivity index (χ4v) is 14.1. The lowest BCUT2D eigenvalue weighted by Gasteiger charge is -2.72. The fourth-order valence-electron chi connectivity index (χ4n) is 14.1. The molecule has 0 spiro atoms. The van der Waals surface area contributed by atoms with E-state index in [0.717, 1.165) is 38.8 Å². The second-order valence-corrected chi connectivity index (χ2v) is 20.2. The molecule has 48 heavy (non-hydrogen) atoms. The average molecular weight is 669 g/mol. The standard InChI is InChI=1S/C41H68N2O5/c1-36(2,24-34(45)46)25-35(47)48-32-15-18-38(5)30(37(32,3)4)14-19-40(7)31(38)13-12-28-29-11-10-17-41(29,21-20-39(28,40)6)23-33(44)43-22-16-27(26-43)42(8)9/h27-32H,10-26H2,1-9H3,(H,45,46)/t27-,28-,29-,30?,31?,32+,38+,39-,40-,41-/m1/s1. The molecule has 1 saturated heterocycles. The van der Waals surface area contributed by atoms with E-state index in [-0.39, 0.29) is 52.0 Å². The number of likely N-dealkylation sites (tertiary alicyclic amines) is 1. The molecule has 0 aromatic heterocycles. The molecule has 0 bridgehead atoms. The number of amides is 1. The zero-order chi connectivity index (χ0) is 35.1. The van der Waals surface area contributed by atoms with E-state index in [1.54, 1.807) is 0 Å². The molecule has 2 unspecified atom stereocenters. The van der Waals surface area contributed by atoms with Gasteiger partial charge in [0, 0.05) is 31.0 Å². The summed E-state index contributed by atoms with van der Waals surface area (Å²) in [5.41, 5.74) is 0.212. The van der Waals surface area contributed by atoms with Crippen LogP contribution in [0, 0.1) is 56.2 Å². The molecule has 5 aliphatic carbocycles. The molecule has 272 valence electrons. The molecule has 10 atom stereocenters. The second kappa shape index (κ2) is 12.3. The number of aliphatic carboxylic acids is 1. The summed E-state index contributed by atoms with van der Waals surface area (Å²) in [7, 11) is 4.29. The van der Waals surface area contributed by atoms with Crippen LogP contribution in [-0.4, -0.2) is 72.1 Å².